The van der Waals surface area contributed by atoms with Gasteiger partial charge < -0.3 is 9.53 Å². The molecule has 1 aliphatic rings. The van der Waals surface area contributed by atoms with Crippen LogP contribution in [0.1, 0.15) is 61.5 Å². The largest absolute Gasteiger partial charge is 0.543 e. The number of aromatic carboxylic acids is 1. The number of carbonyl (C=O) groups is 1. The Morgan fingerprint density at radius 2 is 1.97 bits per heavy atom. The highest BCUT2D eigenvalue weighted by Crippen LogP contribution is 2.40. The van der Waals surface area contributed by atoms with E-state index in [1.165, 1.54) is 11.3 Å². The summed E-state index contributed by atoms with van der Waals surface area (Å²) in [6, 6.07) is 10.9. The fourth-order valence-electron chi connectivity index (χ4n) is 4.33. The Labute approximate surface area is 210 Å². The van der Waals surface area contributed by atoms with E-state index in [1.54, 1.807) is 5.38 Å². The van der Waals surface area contributed by atoms with Gasteiger partial charge in [0.2, 0.25) is 8.32 Å². The van der Waals surface area contributed by atoms with E-state index in [-0.39, 0.29) is 11.1 Å². The quantitative estimate of drug-likeness (QED) is 0.331. The maximum Gasteiger partial charge on any atom is 0.336 e. The van der Waals surface area contributed by atoms with E-state index < -0.39 is 14.3 Å². The fraction of sp³-hybridized carbons (Fsp3) is 0.519. The van der Waals surface area contributed by atoms with Gasteiger partial charge in [0, 0.05) is 42.0 Å². The summed E-state index contributed by atoms with van der Waals surface area (Å²) < 4.78 is 6.63. The zero-order valence-electron chi connectivity index (χ0n) is 21.7. The van der Waals surface area contributed by atoms with Gasteiger partial charge in [-0.15, -0.1) is 17.9 Å². The lowest BCUT2D eigenvalue weighted by Gasteiger charge is -2.47. The van der Waals surface area contributed by atoms with Crippen LogP contribution in [-0.4, -0.2) is 60.9 Å². The van der Waals surface area contributed by atoms with E-state index in [0.29, 0.717) is 17.6 Å². The van der Waals surface area contributed by atoms with Crippen LogP contribution in [0.5, 0.6) is 5.75 Å². The van der Waals surface area contributed by atoms with Crippen molar-refractivity contribution in [1.29, 1.82) is 0 Å². The van der Waals surface area contributed by atoms with Crippen LogP contribution < -0.4 is 4.43 Å². The molecule has 1 N–H and O–H groups in total. The highest BCUT2D eigenvalue weighted by molar-refractivity contribution is 7.10. The lowest BCUT2D eigenvalue weighted by Crippen LogP contribution is -2.57. The van der Waals surface area contributed by atoms with Crippen molar-refractivity contribution in [3.8, 4) is 5.75 Å². The molecule has 3 atom stereocenters. The number of thiophene rings is 1. The van der Waals surface area contributed by atoms with Crippen LogP contribution in [0.4, 0.5) is 0 Å². The summed E-state index contributed by atoms with van der Waals surface area (Å²) in [5, 5.41) is 11.4. The molecule has 0 unspecified atom stereocenters. The van der Waals surface area contributed by atoms with Crippen molar-refractivity contribution in [2.75, 3.05) is 19.6 Å². The third kappa shape index (κ3) is 5.82. The molecule has 0 amide bonds. The summed E-state index contributed by atoms with van der Waals surface area (Å²) in [5.41, 5.74) is 1.50. The number of piperazine rings is 1. The Kier molecular flexibility index (Phi) is 8.13. The Balaban J connectivity index is 2.01. The van der Waals surface area contributed by atoms with Crippen LogP contribution >= 0.6 is 11.3 Å². The van der Waals surface area contributed by atoms with Crippen molar-refractivity contribution in [1.82, 2.24) is 9.80 Å². The molecule has 1 aliphatic heterocycles. The summed E-state index contributed by atoms with van der Waals surface area (Å²) in [5.74, 6) is 0.0172. The first-order valence-electron chi connectivity index (χ1n) is 12.1. The van der Waals surface area contributed by atoms with Gasteiger partial charge in [-0.05, 0) is 55.7 Å². The van der Waals surface area contributed by atoms with Gasteiger partial charge in [-0.3, -0.25) is 9.80 Å². The molecular formula is C27H40N2O3SSi. The molecule has 2 aromatic rings. The molecule has 0 spiro atoms. The van der Waals surface area contributed by atoms with E-state index in [2.05, 4.69) is 82.3 Å². The SMILES string of the molecule is C=CCN1C[C@H](C)N([C@@H](c2cccc(O[Si](C)(C)C(C)(C)C)c2)c2cc(C(=O)O)cs2)C[C@H]1C. The molecular weight excluding hydrogens is 460 g/mol. The molecule has 34 heavy (non-hydrogen) atoms. The molecule has 1 aromatic carbocycles. The van der Waals surface area contributed by atoms with E-state index in [0.717, 1.165) is 35.8 Å². The Hall–Kier alpha value is -1.93. The van der Waals surface area contributed by atoms with Crippen LogP contribution in [0, 0.1) is 0 Å². The van der Waals surface area contributed by atoms with Crippen molar-refractivity contribution in [3.63, 3.8) is 0 Å². The average Bonchev–Trinajstić information content (AvgIpc) is 3.21. The van der Waals surface area contributed by atoms with Crippen molar-refractivity contribution in [2.45, 2.75) is 70.9 Å². The van der Waals surface area contributed by atoms with Gasteiger partial charge >= 0.3 is 5.97 Å². The van der Waals surface area contributed by atoms with E-state index in [9.17, 15) is 9.90 Å². The standard InChI is InChI=1S/C27H40N2O3SSi/c1-9-13-28-16-20(3)29(17-19(28)2)25(24-15-22(18-33-24)26(30)31)21-11-10-12-23(14-21)32-34(7,8)27(4,5)6/h9-12,14-15,18-20,25H,1,13,16-17H2,2-8H3,(H,30,31)/t19-,20+,25+/m1/s1. The second-order valence-corrected chi connectivity index (χ2v) is 16.7. The van der Waals surface area contributed by atoms with Crippen molar-refractivity contribution in [3.05, 3.63) is 64.4 Å². The Bertz CT molecular complexity index is 1010. The molecule has 0 radical (unpaired) electrons. The maximum atomic E-state index is 11.6. The first kappa shape index (κ1) is 26.7. The van der Waals surface area contributed by atoms with Crippen molar-refractivity contribution < 1.29 is 14.3 Å². The molecule has 0 aliphatic carbocycles. The molecule has 1 fully saturated rings. The summed E-state index contributed by atoms with van der Waals surface area (Å²) in [6.07, 6.45) is 1.97. The first-order valence-corrected chi connectivity index (χ1v) is 15.8. The number of carboxylic acid groups (broad SMARTS) is 1. The van der Waals surface area contributed by atoms with Crippen LogP contribution in [0.3, 0.4) is 0 Å². The number of hydrogen-bond acceptors (Lipinski definition) is 5. The molecule has 1 aromatic heterocycles. The van der Waals surface area contributed by atoms with Gasteiger partial charge in [0.15, 0.2) is 0 Å². The predicted octanol–water partition coefficient (Wildman–Crippen LogP) is 6.50. The minimum Gasteiger partial charge on any atom is -0.543 e. The Morgan fingerprint density at radius 3 is 2.56 bits per heavy atom. The van der Waals surface area contributed by atoms with Gasteiger partial charge in [0.25, 0.3) is 0 Å². The molecule has 2 heterocycles. The second-order valence-electron chi connectivity index (χ2n) is 11.0. The Morgan fingerprint density at radius 1 is 1.26 bits per heavy atom. The lowest BCUT2D eigenvalue weighted by atomic mass is 9.97. The van der Waals surface area contributed by atoms with E-state index in [4.69, 9.17) is 4.43 Å². The highest BCUT2D eigenvalue weighted by Gasteiger charge is 2.39. The zero-order valence-corrected chi connectivity index (χ0v) is 23.5. The van der Waals surface area contributed by atoms with Gasteiger partial charge in [-0.1, -0.05) is 39.0 Å². The van der Waals surface area contributed by atoms with Gasteiger partial charge in [-0.25, -0.2) is 4.79 Å². The van der Waals surface area contributed by atoms with Crippen LogP contribution in [0.15, 0.2) is 48.4 Å². The molecule has 0 saturated carbocycles. The highest BCUT2D eigenvalue weighted by atomic mass is 32.1. The van der Waals surface area contributed by atoms with Crippen LogP contribution in [0.2, 0.25) is 18.1 Å². The van der Waals surface area contributed by atoms with Gasteiger partial charge in [-0.2, -0.15) is 0 Å². The summed E-state index contributed by atoms with van der Waals surface area (Å²) in [4.78, 5) is 17.7. The third-order valence-corrected chi connectivity index (χ3v) is 12.7. The minimum atomic E-state index is -1.98. The summed E-state index contributed by atoms with van der Waals surface area (Å²) in [6.45, 7) is 22.4. The summed E-state index contributed by atoms with van der Waals surface area (Å²) >= 11 is 1.53. The average molecular weight is 501 g/mol. The van der Waals surface area contributed by atoms with Gasteiger partial charge in [0.1, 0.15) is 5.75 Å². The molecule has 7 heteroatoms. The molecule has 1 saturated heterocycles. The monoisotopic (exact) mass is 500 g/mol. The van der Waals surface area contributed by atoms with Crippen LogP contribution in [-0.2, 0) is 0 Å². The summed E-state index contributed by atoms with van der Waals surface area (Å²) in [7, 11) is -1.98. The number of benzene rings is 1. The van der Waals surface area contributed by atoms with Crippen molar-refractivity contribution in [2.24, 2.45) is 0 Å². The topological polar surface area (TPSA) is 53.0 Å². The second kappa shape index (κ2) is 10.4. The first-order chi connectivity index (χ1) is 15.8. The van der Waals surface area contributed by atoms with Crippen molar-refractivity contribution >= 4 is 25.6 Å². The number of carboxylic acids is 1. The number of nitrogens with zero attached hydrogens (tertiary/aromatic N) is 2. The smallest absolute Gasteiger partial charge is 0.336 e. The van der Waals surface area contributed by atoms with Gasteiger partial charge in [0.05, 0.1) is 11.6 Å². The predicted molar refractivity (Wildman–Crippen MR) is 145 cm³/mol. The minimum absolute atomic E-state index is 0.0237. The van der Waals surface area contributed by atoms with E-state index in [1.807, 2.05) is 18.2 Å². The van der Waals surface area contributed by atoms with Crippen LogP contribution in [0.25, 0.3) is 0 Å². The molecule has 3 rings (SSSR count). The number of rotatable bonds is 8. The third-order valence-electron chi connectivity index (χ3n) is 7.35. The zero-order chi connectivity index (χ0) is 25.3. The molecule has 5 nitrogen and oxygen atoms in total. The molecule has 0 bridgehead atoms. The lowest BCUT2D eigenvalue weighted by molar-refractivity contribution is 0.0314. The molecule has 186 valence electrons. The van der Waals surface area contributed by atoms with E-state index >= 15 is 0 Å². The fourth-order valence-corrected chi connectivity index (χ4v) is 6.38. The number of hydrogen-bond donors (Lipinski definition) is 1. The maximum absolute atomic E-state index is 11.6. The normalized spacial score (nSPS) is 21.3.